The van der Waals surface area contributed by atoms with Crippen molar-refractivity contribution in [3.05, 3.63) is 0 Å². The fourth-order valence-corrected chi connectivity index (χ4v) is 8.61. The highest BCUT2D eigenvalue weighted by molar-refractivity contribution is 5.71. The average Bonchev–Trinajstić information content (AvgIpc) is 3.25. The van der Waals surface area contributed by atoms with E-state index in [0.29, 0.717) is 19.3 Å². The molecule has 374 valence electrons. The summed E-state index contributed by atoms with van der Waals surface area (Å²) >= 11 is 0. The molecule has 0 aromatic carbocycles. The maximum absolute atomic E-state index is 12.8. The van der Waals surface area contributed by atoms with Gasteiger partial charge in [0, 0.05) is 19.3 Å². The van der Waals surface area contributed by atoms with Crippen LogP contribution in [0.15, 0.2) is 0 Å². The maximum Gasteiger partial charge on any atom is 0.306 e. The molecule has 0 aromatic rings. The summed E-state index contributed by atoms with van der Waals surface area (Å²) in [7, 11) is 0. The van der Waals surface area contributed by atoms with Crippen LogP contribution in [0, 0.1) is 17.8 Å². The summed E-state index contributed by atoms with van der Waals surface area (Å²) < 4.78 is 16.9. The Balaban J connectivity index is 4.30. The molecule has 1 unspecified atom stereocenters. The molecule has 0 bridgehead atoms. The molecule has 63 heavy (non-hydrogen) atoms. The third-order valence-corrected chi connectivity index (χ3v) is 13.3. The maximum atomic E-state index is 12.8. The number of hydrogen-bond acceptors (Lipinski definition) is 6. The van der Waals surface area contributed by atoms with Gasteiger partial charge in [-0.05, 0) is 37.0 Å². The normalized spacial score (nSPS) is 12.6. The van der Waals surface area contributed by atoms with Crippen molar-refractivity contribution in [3.63, 3.8) is 0 Å². The molecule has 0 saturated carbocycles. The van der Waals surface area contributed by atoms with E-state index in [1.807, 2.05) is 0 Å². The van der Waals surface area contributed by atoms with E-state index >= 15 is 0 Å². The first-order valence-corrected chi connectivity index (χ1v) is 28.1. The highest BCUT2D eigenvalue weighted by Gasteiger charge is 2.19. The second-order valence-electron chi connectivity index (χ2n) is 20.8. The van der Waals surface area contributed by atoms with E-state index in [-0.39, 0.29) is 31.1 Å². The Morgan fingerprint density at radius 1 is 0.317 bits per heavy atom. The van der Waals surface area contributed by atoms with Gasteiger partial charge in [0.25, 0.3) is 0 Å². The van der Waals surface area contributed by atoms with Crippen molar-refractivity contribution in [2.75, 3.05) is 13.2 Å². The summed E-state index contributed by atoms with van der Waals surface area (Å²) in [5, 5.41) is 0. The topological polar surface area (TPSA) is 78.9 Å². The number of rotatable bonds is 50. The van der Waals surface area contributed by atoms with Crippen molar-refractivity contribution in [1.82, 2.24) is 0 Å². The van der Waals surface area contributed by atoms with Gasteiger partial charge in [0.1, 0.15) is 13.2 Å². The standard InChI is InChI=1S/C57H110O6/c1-7-53(6)45-39-33-27-21-14-10-8-9-11-15-22-28-34-40-46-55(58)61-49-54(50-62-56(59)47-41-35-29-23-18-17-20-26-32-38-44-52(4)5)63-57(60)48-42-36-30-24-16-12-13-19-25-31-37-43-51(2)3/h51-54H,7-50H2,1-6H3/t53?,54-/m0/s1. The molecule has 0 saturated heterocycles. The van der Waals surface area contributed by atoms with Gasteiger partial charge >= 0.3 is 17.9 Å². The summed E-state index contributed by atoms with van der Waals surface area (Å²) in [6.07, 6.45) is 49.4. The molecule has 0 aliphatic carbocycles. The Hall–Kier alpha value is -1.59. The third-order valence-electron chi connectivity index (χ3n) is 13.3. The first kappa shape index (κ1) is 61.4. The van der Waals surface area contributed by atoms with Crippen LogP contribution in [0.5, 0.6) is 0 Å². The Labute approximate surface area is 393 Å². The molecule has 2 atom stereocenters. The summed E-state index contributed by atoms with van der Waals surface area (Å²) in [5.74, 6) is 1.69. The number of ether oxygens (including phenoxy) is 3. The van der Waals surface area contributed by atoms with Crippen molar-refractivity contribution in [2.24, 2.45) is 17.8 Å². The smallest absolute Gasteiger partial charge is 0.306 e. The van der Waals surface area contributed by atoms with Gasteiger partial charge in [0.15, 0.2) is 6.10 Å². The zero-order valence-corrected chi connectivity index (χ0v) is 43.4. The quantitative estimate of drug-likeness (QED) is 0.0344. The van der Waals surface area contributed by atoms with E-state index in [4.69, 9.17) is 14.2 Å². The number of hydrogen-bond donors (Lipinski definition) is 0. The monoisotopic (exact) mass is 891 g/mol. The molecule has 0 fully saturated rings. The fourth-order valence-electron chi connectivity index (χ4n) is 8.61. The lowest BCUT2D eigenvalue weighted by atomic mass is 9.99. The van der Waals surface area contributed by atoms with E-state index in [9.17, 15) is 14.4 Å². The minimum absolute atomic E-state index is 0.0639. The molecule has 0 aromatic heterocycles. The fraction of sp³-hybridized carbons (Fsp3) is 0.947. The first-order chi connectivity index (χ1) is 30.6. The Kier molecular flexibility index (Phi) is 47.1. The Morgan fingerprint density at radius 2 is 0.556 bits per heavy atom. The lowest BCUT2D eigenvalue weighted by Crippen LogP contribution is -2.30. The molecule has 0 heterocycles. The van der Waals surface area contributed by atoms with Crippen molar-refractivity contribution in [2.45, 2.75) is 317 Å². The van der Waals surface area contributed by atoms with Crippen LogP contribution in [-0.2, 0) is 28.6 Å². The zero-order chi connectivity index (χ0) is 46.3. The van der Waals surface area contributed by atoms with Crippen LogP contribution in [0.25, 0.3) is 0 Å². The third kappa shape index (κ3) is 49.7. The van der Waals surface area contributed by atoms with Crippen molar-refractivity contribution < 1.29 is 28.6 Å². The van der Waals surface area contributed by atoms with Crippen molar-refractivity contribution >= 4 is 17.9 Å². The summed E-state index contributed by atoms with van der Waals surface area (Å²) in [6, 6.07) is 0. The largest absolute Gasteiger partial charge is 0.462 e. The van der Waals surface area contributed by atoms with Gasteiger partial charge in [0.05, 0.1) is 0 Å². The van der Waals surface area contributed by atoms with E-state index in [2.05, 4.69) is 41.5 Å². The van der Waals surface area contributed by atoms with Crippen molar-refractivity contribution in [1.29, 1.82) is 0 Å². The number of carbonyl (C=O) groups excluding carboxylic acids is 3. The number of esters is 3. The van der Waals surface area contributed by atoms with Gasteiger partial charge in [-0.3, -0.25) is 14.4 Å². The van der Waals surface area contributed by atoms with Crippen LogP contribution in [0.1, 0.15) is 311 Å². The molecule has 6 nitrogen and oxygen atoms in total. The molecular weight excluding hydrogens is 781 g/mol. The molecule has 0 amide bonds. The van der Waals surface area contributed by atoms with Crippen LogP contribution in [0.4, 0.5) is 0 Å². The predicted molar refractivity (Wildman–Crippen MR) is 270 cm³/mol. The van der Waals surface area contributed by atoms with Gasteiger partial charge < -0.3 is 14.2 Å². The lowest BCUT2D eigenvalue weighted by molar-refractivity contribution is -0.167. The molecule has 0 N–H and O–H groups in total. The van der Waals surface area contributed by atoms with Crippen molar-refractivity contribution in [3.8, 4) is 0 Å². The van der Waals surface area contributed by atoms with Gasteiger partial charge in [-0.15, -0.1) is 0 Å². The van der Waals surface area contributed by atoms with E-state index < -0.39 is 6.10 Å². The highest BCUT2D eigenvalue weighted by Crippen LogP contribution is 2.19. The molecule has 0 aliphatic rings. The molecule has 0 rings (SSSR count). The summed E-state index contributed by atoms with van der Waals surface area (Å²) in [4.78, 5) is 38.1. The Bertz CT molecular complexity index is 978. The van der Waals surface area contributed by atoms with E-state index in [1.54, 1.807) is 0 Å². The van der Waals surface area contributed by atoms with Crippen LogP contribution in [0.2, 0.25) is 0 Å². The van der Waals surface area contributed by atoms with E-state index in [0.717, 1.165) is 75.5 Å². The second kappa shape index (κ2) is 48.3. The minimum Gasteiger partial charge on any atom is -0.462 e. The van der Waals surface area contributed by atoms with Crippen LogP contribution >= 0.6 is 0 Å². The molecule has 0 aliphatic heterocycles. The summed E-state index contributed by atoms with van der Waals surface area (Å²) in [6.45, 7) is 13.8. The van der Waals surface area contributed by atoms with Crippen LogP contribution in [-0.4, -0.2) is 37.2 Å². The van der Waals surface area contributed by atoms with Gasteiger partial charge in [-0.2, -0.15) is 0 Å². The zero-order valence-electron chi connectivity index (χ0n) is 43.4. The minimum atomic E-state index is -0.763. The van der Waals surface area contributed by atoms with E-state index in [1.165, 1.54) is 193 Å². The van der Waals surface area contributed by atoms with Gasteiger partial charge in [-0.1, -0.05) is 273 Å². The molecule has 0 spiro atoms. The first-order valence-electron chi connectivity index (χ1n) is 28.1. The van der Waals surface area contributed by atoms with Crippen LogP contribution in [0.3, 0.4) is 0 Å². The molecule has 6 heteroatoms. The highest BCUT2D eigenvalue weighted by atomic mass is 16.6. The second-order valence-corrected chi connectivity index (χ2v) is 20.8. The Morgan fingerprint density at radius 3 is 0.825 bits per heavy atom. The number of unbranched alkanes of at least 4 members (excludes halogenated alkanes) is 32. The van der Waals surface area contributed by atoms with Gasteiger partial charge in [-0.25, -0.2) is 0 Å². The predicted octanol–water partition coefficient (Wildman–Crippen LogP) is 18.3. The number of carbonyl (C=O) groups is 3. The molecule has 0 radical (unpaired) electrons. The average molecular weight is 892 g/mol. The lowest BCUT2D eigenvalue weighted by Gasteiger charge is -2.18. The molecular formula is C57H110O6. The SMILES string of the molecule is CCC(C)CCCCCCCCCCCCCCCCC(=O)OC[C@@H](COC(=O)CCCCCCCCCCCCC(C)C)OC(=O)CCCCCCCCCCCCCC(C)C. The summed E-state index contributed by atoms with van der Waals surface area (Å²) in [5.41, 5.74) is 0. The van der Waals surface area contributed by atoms with Gasteiger partial charge in [0.2, 0.25) is 0 Å². The van der Waals surface area contributed by atoms with Crippen LogP contribution < -0.4 is 0 Å².